The minimum Gasteiger partial charge on any atom is -0.360 e. The number of morpholine rings is 1. The normalized spacial score (nSPS) is 22.0. The van der Waals surface area contributed by atoms with E-state index >= 15 is 0 Å². The third kappa shape index (κ3) is 3.76. The van der Waals surface area contributed by atoms with Gasteiger partial charge in [-0.25, -0.2) is 4.79 Å². The monoisotopic (exact) mass is 211 g/mol. The Bertz CT molecular complexity index is 277. The molecule has 0 spiro atoms. The van der Waals surface area contributed by atoms with Crippen LogP contribution in [0.3, 0.4) is 0 Å². The molecular formula is C10H17N3O2. The van der Waals surface area contributed by atoms with E-state index in [1.165, 1.54) is 0 Å². The van der Waals surface area contributed by atoms with E-state index in [0.29, 0.717) is 19.7 Å². The van der Waals surface area contributed by atoms with E-state index in [1.807, 2.05) is 26.8 Å². The standard InChI is InChI=1S/C10H17N3O2/c1-10(2,3)12-9(14)13-4-5-15-8(6-11)7-13/h8H,4-5,7H2,1-3H3,(H,12,14). The number of ether oxygens (including phenoxy) is 1. The van der Waals surface area contributed by atoms with Gasteiger partial charge < -0.3 is 15.0 Å². The molecule has 0 aromatic rings. The Balaban J connectivity index is 2.50. The second-order valence-corrected chi connectivity index (χ2v) is 4.61. The number of nitriles is 1. The van der Waals surface area contributed by atoms with Gasteiger partial charge in [-0.3, -0.25) is 0 Å². The minimum absolute atomic E-state index is 0.133. The fourth-order valence-corrected chi connectivity index (χ4v) is 1.31. The summed E-state index contributed by atoms with van der Waals surface area (Å²) in [5.41, 5.74) is -0.252. The Kier molecular flexibility index (Phi) is 3.53. The number of nitrogens with one attached hydrogen (secondary N) is 1. The number of rotatable bonds is 0. The van der Waals surface area contributed by atoms with Gasteiger partial charge in [-0.15, -0.1) is 0 Å². The van der Waals surface area contributed by atoms with Crippen molar-refractivity contribution in [1.82, 2.24) is 10.2 Å². The van der Waals surface area contributed by atoms with E-state index in [9.17, 15) is 4.79 Å². The molecule has 0 aliphatic carbocycles. The second-order valence-electron chi connectivity index (χ2n) is 4.61. The van der Waals surface area contributed by atoms with Crippen LogP contribution in [0.15, 0.2) is 0 Å². The van der Waals surface area contributed by atoms with Crippen LogP contribution in [-0.2, 0) is 4.74 Å². The lowest BCUT2D eigenvalue weighted by atomic mass is 10.1. The molecule has 1 unspecified atom stereocenters. The van der Waals surface area contributed by atoms with Gasteiger partial charge in [0.05, 0.1) is 19.2 Å². The lowest BCUT2D eigenvalue weighted by Gasteiger charge is -2.32. The number of urea groups is 1. The SMILES string of the molecule is CC(C)(C)NC(=O)N1CCOC(C#N)C1. The highest BCUT2D eigenvalue weighted by molar-refractivity contribution is 5.75. The topological polar surface area (TPSA) is 65.4 Å². The summed E-state index contributed by atoms with van der Waals surface area (Å²) in [6, 6.07) is 1.87. The largest absolute Gasteiger partial charge is 0.360 e. The molecule has 0 radical (unpaired) electrons. The van der Waals surface area contributed by atoms with Crippen LogP contribution in [0.2, 0.25) is 0 Å². The number of hydrogen-bond acceptors (Lipinski definition) is 3. The van der Waals surface area contributed by atoms with Gasteiger partial charge in [0, 0.05) is 12.1 Å². The molecule has 1 saturated heterocycles. The molecule has 1 rings (SSSR count). The van der Waals surface area contributed by atoms with Gasteiger partial charge in [0.2, 0.25) is 0 Å². The molecule has 1 fully saturated rings. The van der Waals surface area contributed by atoms with Crippen molar-refractivity contribution in [2.24, 2.45) is 0 Å². The molecule has 5 heteroatoms. The zero-order valence-electron chi connectivity index (χ0n) is 9.41. The Morgan fingerprint density at radius 1 is 1.60 bits per heavy atom. The molecule has 1 N–H and O–H groups in total. The summed E-state index contributed by atoms with van der Waals surface area (Å²) >= 11 is 0. The quantitative estimate of drug-likeness (QED) is 0.642. The molecule has 0 aromatic carbocycles. The molecule has 15 heavy (non-hydrogen) atoms. The average Bonchev–Trinajstić information content (AvgIpc) is 2.15. The third-order valence-electron chi connectivity index (χ3n) is 1.98. The van der Waals surface area contributed by atoms with Gasteiger partial charge in [-0.2, -0.15) is 5.26 Å². The number of carbonyl (C=O) groups is 1. The van der Waals surface area contributed by atoms with E-state index in [0.717, 1.165) is 0 Å². The predicted molar refractivity (Wildman–Crippen MR) is 55.2 cm³/mol. The summed E-state index contributed by atoms with van der Waals surface area (Å²) < 4.78 is 5.15. The van der Waals surface area contributed by atoms with Crippen molar-refractivity contribution in [1.29, 1.82) is 5.26 Å². The summed E-state index contributed by atoms with van der Waals surface area (Å²) in [5.74, 6) is 0. The number of amides is 2. The number of carbonyl (C=O) groups excluding carboxylic acids is 1. The summed E-state index contributed by atoms with van der Waals surface area (Å²) in [6.45, 7) is 7.08. The molecule has 1 heterocycles. The Hall–Kier alpha value is -1.28. The lowest BCUT2D eigenvalue weighted by molar-refractivity contribution is 0.0147. The maximum Gasteiger partial charge on any atom is 0.318 e. The first kappa shape index (κ1) is 11.8. The molecule has 1 aliphatic heterocycles. The van der Waals surface area contributed by atoms with Crippen LogP contribution in [0.5, 0.6) is 0 Å². The van der Waals surface area contributed by atoms with Crippen LogP contribution < -0.4 is 5.32 Å². The molecule has 5 nitrogen and oxygen atoms in total. The smallest absolute Gasteiger partial charge is 0.318 e. The van der Waals surface area contributed by atoms with Gasteiger partial charge in [-0.1, -0.05) is 0 Å². The van der Waals surface area contributed by atoms with Crippen LogP contribution in [0.4, 0.5) is 4.79 Å². The summed E-state index contributed by atoms with van der Waals surface area (Å²) in [5, 5.41) is 11.5. The molecule has 0 aromatic heterocycles. The van der Waals surface area contributed by atoms with Crippen LogP contribution >= 0.6 is 0 Å². The predicted octanol–water partition coefficient (Wildman–Crippen LogP) is 0.719. The van der Waals surface area contributed by atoms with Crippen molar-refractivity contribution in [3.8, 4) is 6.07 Å². The molecular weight excluding hydrogens is 194 g/mol. The first-order chi connectivity index (χ1) is 6.92. The van der Waals surface area contributed by atoms with Crippen molar-refractivity contribution in [2.75, 3.05) is 19.7 Å². The van der Waals surface area contributed by atoms with Crippen molar-refractivity contribution >= 4 is 6.03 Å². The van der Waals surface area contributed by atoms with Crippen LogP contribution in [0.1, 0.15) is 20.8 Å². The van der Waals surface area contributed by atoms with Crippen molar-refractivity contribution < 1.29 is 9.53 Å². The minimum atomic E-state index is -0.496. The van der Waals surface area contributed by atoms with Crippen molar-refractivity contribution in [3.63, 3.8) is 0 Å². The fraction of sp³-hybridized carbons (Fsp3) is 0.800. The zero-order valence-corrected chi connectivity index (χ0v) is 9.41. The maximum atomic E-state index is 11.7. The van der Waals surface area contributed by atoms with Gasteiger partial charge in [-0.05, 0) is 20.8 Å². The van der Waals surface area contributed by atoms with Gasteiger partial charge in [0.1, 0.15) is 0 Å². The average molecular weight is 211 g/mol. The first-order valence-electron chi connectivity index (χ1n) is 5.01. The summed E-state index contributed by atoms with van der Waals surface area (Å²) in [7, 11) is 0. The van der Waals surface area contributed by atoms with E-state index in [2.05, 4.69) is 5.32 Å². The number of hydrogen-bond donors (Lipinski definition) is 1. The van der Waals surface area contributed by atoms with Gasteiger partial charge in [0.15, 0.2) is 6.10 Å². The summed E-state index contributed by atoms with van der Waals surface area (Å²) in [6.07, 6.45) is -0.496. The Labute approximate surface area is 90.0 Å². The van der Waals surface area contributed by atoms with E-state index in [1.54, 1.807) is 4.90 Å². The Morgan fingerprint density at radius 2 is 2.27 bits per heavy atom. The van der Waals surface area contributed by atoms with Crippen molar-refractivity contribution in [2.45, 2.75) is 32.4 Å². The van der Waals surface area contributed by atoms with E-state index in [-0.39, 0.29) is 11.6 Å². The molecule has 0 saturated carbocycles. The maximum absolute atomic E-state index is 11.7. The summed E-state index contributed by atoms with van der Waals surface area (Å²) in [4.78, 5) is 13.3. The van der Waals surface area contributed by atoms with Crippen LogP contribution in [-0.4, -0.2) is 42.3 Å². The fourth-order valence-electron chi connectivity index (χ4n) is 1.31. The highest BCUT2D eigenvalue weighted by Crippen LogP contribution is 2.07. The van der Waals surface area contributed by atoms with Gasteiger partial charge in [0.25, 0.3) is 0 Å². The highest BCUT2D eigenvalue weighted by Gasteiger charge is 2.25. The van der Waals surface area contributed by atoms with Crippen molar-refractivity contribution in [3.05, 3.63) is 0 Å². The lowest BCUT2D eigenvalue weighted by Crippen LogP contribution is -2.53. The Morgan fingerprint density at radius 3 is 2.80 bits per heavy atom. The van der Waals surface area contributed by atoms with E-state index < -0.39 is 6.10 Å². The van der Waals surface area contributed by atoms with Crippen LogP contribution in [0.25, 0.3) is 0 Å². The van der Waals surface area contributed by atoms with E-state index in [4.69, 9.17) is 10.00 Å². The zero-order chi connectivity index (χ0) is 11.5. The molecule has 2 amide bonds. The molecule has 1 atom stereocenters. The second kappa shape index (κ2) is 4.49. The third-order valence-corrected chi connectivity index (χ3v) is 1.98. The molecule has 0 bridgehead atoms. The van der Waals surface area contributed by atoms with Crippen LogP contribution in [0, 0.1) is 11.3 Å². The number of nitrogens with zero attached hydrogens (tertiary/aromatic N) is 2. The molecule has 1 aliphatic rings. The molecule has 84 valence electrons. The highest BCUT2D eigenvalue weighted by atomic mass is 16.5. The van der Waals surface area contributed by atoms with Gasteiger partial charge >= 0.3 is 6.03 Å². The first-order valence-corrected chi connectivity index (χ1v) is 5.01.